The molecule has 0 saturated heterocycles. The molecule has 0 unspecified atom stereocenters. The van der Waals surface area contributed by atoms with Gasteiger partial charge in [0.15, 0.2) is 5.96 Å². The number of nitrogens with one attached hydrogen (secondary N) is 1. The van der Waals surface area contributed by atoms with E-state index in [1.807, 2.05) is 32.9 Å². The minimum absolute atomic E-state index is 0. The first-order valence-electron chi connectivity index (χ1n) is 9.22. The van der Waals surface area contributed by atoms with Crippen LogP contribution in [0.25, 0.3) is 0 Å². The third-order valence-corrected chi connectivity index (χ3v) is 3.45. The molecule has 0 aliphatic rings. The number of halogens is 1. The molecule has 8 heteroatoms. The number of aliphatic imine (C=N–C) groups is 1. The molecule has 0 aromatic carbocycles. The lowest BCUT2D eigenvalue weighted by Crippen LogP contribution is -2.37. The highest BCUT2D eigenvalue weighted by Crippen LogP contribution is 2.12. The van der Waals surface area contributed by atoms with Crippen molar-refractivity contribution in [2.24, 2.45) is 10.7 Å². The van der Waals surface area contributed by atoms with Crippen LogP contribution in [0.3, 0.4) is 0 Å². The summed E-state index contributed by atoms with van der Waals surface area (Å²) in [7, 11) is 0. The molecular weight excluding hydrogens is 457 g/mol. The number of carbonyl (C=O) groups is 1. The van der Waals surface area contributed by atoms with Gasteiger partial charge in [-0.1, -0.05) is 19.4 Å². The van der Waals surface area contributed by atoms with Gasteiger partial charge in [0, 0.05) is 32.0 Å². The molecule has 154 valence electrons. The fraction of sp³-hybridized carbons (Fsp3) is 0.632. The van der Waals surface area contributed by atoms with E-state index < -0.39 is 5.60 Å². The van der Waals surface area contributed by atoms with E-state index in [1.54, 1.807) is 17.3 Å². The smallest absolute Gasteiger partial charge is 0.410 e. The van der Waals surface area contributed by atoms with Crippen molar-refractivity contribution in [3.8, 4) is 0 Å². The molecule has 0 bridgehead atoms. The highest BCUT2D eigenvalue weighted by Gasteiger charge is 2.22. The minimum atomic E-state index is -0.532. The van der Waals surface area contributed by atoms with Gasteiger partial charge in [-0.15, -0.1) is 24.0 Å². The van der Waals surface area contributed by atoms with Gasteiger partial charge in [0.25, 0.3) is 0 Å². The number of aromatic nitrogens is 1. The van der Waals surface area contributed by atoms with Gasteiger partial charge in [-0.05, 0) is 45.2 Å². The van der Waals surface area contributed by atoms with Gasteiger partial charge in [-0.25, -0.2) is 4.79 Å². The highest BCUT2D eigenvalue weighted by molar-refractivity contribution is 14.0. The fourth-order valence-corrected chi connectivity index (χ4v) is 2.18. The first-order valence-corrected chi connectivity index (χ1v) is 9.22. The van der Waals surface area contributed by atoms with Crippen molar-refractivity contribution in [1.82, 2.24) is 15.2 Å². The van der Waals surface area contributed by atoms with Gasteiger partial charge in [0.1, 0.15) is 5.60 Å². The summed E-state index contributed by atoms with van der Waals surface area (Å²) in [6.45, 7) is 10.1. The maximum atomic E-state index is 12.5. The molecule has 1 amide bonds. The SMILES string of the molecule is CCCCNC(N)=NCCCN(Cc1cccnc1)C(=O)OC(C)(C)C.I. The molecule has 0 aliphatic heterocycles. The van der Waals surface area contributed by atoms with Crippen LogP contribution in [0.15, 0.2) is 29.5 Å². The number of nitrogens with two attached hydrogens (primary N) is 1. The van der Waals surface area contributed by atoms with Crippen LogP contribution < -0.4 is 11.1 Å². The van der Waals surface area contributed by atoms with E-state index in [-0.39, 0.29) is 30.1 Å². The molecule has 0 radical (unpaired) electrons. The predicted molar refractivity (Wildman–Crippen MR) is 120 cm³/mol. The zero-order chi connectivity index (χ0) is 19.4. The Kier molecular flexibility index (Phi) is 12.8. The summed E-state index contributed by atoms with van der Waals surface area (Å²) in [6, 6.07) is 3.80. The van der Waals surface area contributed by atoms with E-state index in [0.29, 0.717) is 32.0 Å². The molecule has 7 nitrogen and oxygen atoms in total. The molecule has 0 fully saturated rings. The van der Waals surface area contributed by atoms with Crippen molar-refractivity contribution in [3.63, 3.8) is 0 Å². The number of hydrogen-bond donors (Lipinski definition) is 2. The summed E-state index contributed by atoms with van der Waals surface area (Å²) in [5.74, 6) is 0.453. The minimum Gasteiger partial charge on any atom is -0.444 e. The number of nitrogens with zero attached hydrogens (tertiary/aromatic N) is 3. The second-order valence-corrected chi connectivity index (χ2v) is 7.16. The zero-order valence-electron chi connectivity index (χ0n) is 16.9. The number of hydrogen-bond acceptors (Lipinski definition) is 4. The Labute approximate surface area is 180 Å². The van der Waals surface area contributed by atoms with Gasteiger partial charge < -0.3 is 20.7 Å². The molecule has 0 aliphatic carbocycles. The van der Waals surface area contributed by atoms with Crippen molar-refractivity contribution >= 4 is 36.0 Å². The third kappa shape index (κ3) is 12.4. The van der Waals surface area contributed by atoms with Crippen LogP contribution in [0.5, 0.6) is 0 Å². The van der Waals surface area contributed by atoms with Crippen LogP contribution in [-0.4, -0.2) is 47.2 Å². The molecule has 27 heavy (non-hydrogen) atoms. The van der Waals surface area contributed by atoms with Gasteiger partial charge in [-0.3, -0.25) is 9.98 Å². The van der Waals surface area contributed by atoms with E-state index in [9.17, 15) is 4.79 Å². The topological polar surface area (TPSA) is 92.8 Å². The Morgan fingerprint density at radius 2 is 2.11 bits per heavy atom. The Bertz CT molecular complexity index is 561. The summed E-state index contributed by atoms with van der Waals surface area (Å²) < 4.78 is 5.51. The third-order valence-electron chi connectivity index (χ3n) is 3.45. The molecule has 0 saturated carbocycles. The standard InChI is InChI=1S/C19H33N5O2.HI/c1-5-6-11-22-17(20)23-12-8-13-24(18(25)26-19(2,3)4)15-16-9-7-10-21-14-16;/h7,9-10,14H,5-6,8,11-13,15H2,1-4H3,(H3,20,22,23);1H. The van der Waals surface area contributed by atoms with Crippen LogP contribution in [-0.2, 0) is 11.3 Å². The van der Waals surface area contributed by atoms with Gasteiger partial charge in [0.2, 0.25) is 0 Å². The van der Waals surface area contributed by atoms with Gasteiger partial charge in [0.05, 0.1) is 6.54 Å². The molecule has 1 heterocycles. The van der Waals surface area contributed by atoms with E-state index >= 15 is 0 Å². The normalized spacial score (nSPS) is 11.5. The molecule has 1 rings (SSSR count). The first-order chi connectivity index (χ1) is 12.3. The molecule has 1 aromatic heterocycles. The van der Waals surface area contributed by atoms with E-state index in [0.717, 1.165) is 24.9 Å². The summed E-state index contributed by atoms with van der Waals surface area (Å²) in [5.41, 5.74) is 6.25. The Hall–Kier alpha value is -1.58. The number of pyridine rings is 1. The Balaban J connectivity index is 0.00000676. The zero-order valence-corrected chi connectivity index (χ0v) is 19.2. The lowest BCUT2D eigenvalue weighted by molar-refractivity contribution is 0.0232. The molecule has 1 aromatic rings. The highest BCUT2D eigenvalue weighted by atomic mass is 127. The average molecular weight is 491 g/mol. The number of rotatable bonds is 9. The summed E-state index contributed by atoms with van der Waals surface area (Å²) in [4.78, 5) is 22.6. The number of unbranched alkanes of at least 4 members (excludes halogenated alkanes) is 1. The summed E-state index contributed by atoms with van der Waals surface area (Å²) in [6.07, 6.45) is 6.01. The second kappa shape index (κ2) is 13.6. The first kappa shape index (κ1) is 25.4. The van der Waals surface area contributed by atoms with E-state index in [4.69, 9.17) is 10.5 Å². The molecular formula is C19H34IN5O2. The monoisotopic (exact) mass is 491 g/mol. The largest absolute Gasteiger partial charge is 0.444 e. The van der Waals surface area contributed by atoms with Crippen molar-refractivity contribution in [1.29, 1.82) is 0 Å². The fourth-order valence-electron chi connectivity index (χ4n) is 2.18. The van der Waals surface area contributed by atoms with Crippen LogP contribution in [0.4, 0.5) is 4.79 Å². The van der Waals surface area contributed by atoms with Gasteiger partial charge >= 0.3 is 6.09 Å². The maximum absolute atomic E-state index is 12.5. The molecule has 3 N–H and O–H groups in total. The van der Waals surface area contributed by atoms with E-state index in [2.05, 4.69) is 22.2 Å². The molecule has 0 spiro atoms. The Morgan fingerprint density at radius 3 is 2.70 bits per heavy atom. The van der Waals surface area contributed by atoms with Crippen molar-refractivity contribution < 1.29 is 9.53 Å². The lowest BCUT2D eigenvalue weighted by Gasteiger charge is -2.27. The lowest BCUT2D eigenvalue weighted by atomic mass is 10.2. The van der Waals surface area contributed by atoms with Crippen LogP contribution in [0.2, 0.25) is 0 Å². The van der Waals surface area contributed by atoms with Crippen molar-refractivity contribution in [3.05, 3.63) is 30.1 Å². The van der Waals surface area contributed by atoms with Gasteiger partial charge in [-0.2, -0.15) is 0 Å². The Morgan fingerprint density at radius 1 is 1.37 bits per heavy atom. The van der Waals surface area contributed by atoms with Crippen LogP contribution >= 0.6 is 24.0 Å². The summed E-state index contributed by atoms with van der Waals surface area (Å²) in [5, 5.41) is 3.08. The van der Waals surface area contributed by atoms with E-state index in [1.165, 1.54) is 0 Å². The number of carbonyl (C=O) groups excluding carboxylic acids is 1. The number of guanidine groups is 1. The number of amides is 1. The quantitative estimate of drug-likeness (QED) is 0.239. The number of ether oxygens (including phenoxy) is 1. The van der Waals surface area contributed by atoms with Crippen molar-refractivity contribution in [2.75, 3.05) is 19.6 Å². The predicted octanol–water partition coefficient (Wildman–Crippen LogP) is 3.53. The second-order valence-electron chi connectivity index (χ2n) is 7.16. The maximum Gasteiger partial charge on any atom is 0.410 e. The van der Waals surface area contributed by atoms with Crippen molar-refractivity contribution in [2.45, 2.75) is 59.1 Å². The van der Waals surface area contributed by atoms with Crippen LogP contribution in [0, 0.1) is 0 Å². The van der Waals surface area contributed by atoms with Crippen LogP contribution in [0.1, 0.15) is 52.5 Å². The molecule has 0 atom stereocenters. The average Bonchev–Trinajstić information content (AvgIpc) is 2.57. The summed E-state index contributed by atoms with van der Waals surface area (Å²) >= 11 is 0.